The molecule has 9 nitrogen and oxygen atoms in total. The number of ketones is 1. The molecule has 1 aromatic carbocycles. The predicted octanol–water partition coefficient (Wildman–Crippen LogP) is 2.12. The number of primary amides is 1. The largest absolute Gasteiger partial charge is 0.434 e. The van der Waals surface area contributed by atoms with Crippen LogP contribution in [0.25, 0.3) is 11.1 Å². The van der Waals surface area contributed by atoms with E-state index < -0.39 is 44.7 Å². The summed E-state index contributed by atoms with van der Waals surface area (Å²) in [7, 11) is -3.98. The second-order valence-corrected chi connectivity index (χ2v) is 11.0. The fourth-order valence-electron chi connectivity index (χ4n) is 4.68. The summed E-state index contributed by atoms with van der Waals surface area (Å²) < 4.78 is 37.6. The van der Waals surface area contributed by atoms with Crippen LogP contribution in [-0.2, 0) is 19.4 Å². The van der Waals surface area contributed by atoms with Gasteiger partial charge in [-0.2, -0.15) is 0 Å². The van der Waals surface area contributed by atoms with Crippen LogP contribution < -0.4 is 5.73 Å². The lowest BCUT2D eigenvalue weighted by atomic mass is 9.78. The molecule has 3 N–H and O–H groups in total. The first-order valence-electron chi connectivity index (χ1n) is 11.4. The summed E-state index contributed by atoms with van der Waals surface area (Å²) in [6.07, 6.45) is 0.285. The zero-order valence-electron chi connectivity index (χ0n) is 19.0. The number of benzene rings is 1. The Morgan fingerprint density at radius 3 is 2.45 bits per heavy atom. The minimum atomic E-state index is -3.98. The molecule has 1 aromatic heterocycles. The Kier molecular flexibility index (Phi) is 8.25. The van der Waals surface area contributed by atoms with Crippen LogP contribution in [0, 0.1) is 17.8 Å². The van der Waals surface area contributed by atoms with Gasteiger partial charge in [-0.15, -0.1) is 0 Å². The third-order valence-corrected chi connectivity index (χ3v) is 8.71. The molecule has 0 bridgehead atoms. The van der Waals surface area contributed by atoms with E-state index in [-0.39, 0.29) is 24.0 Å². The number of hydrogen-bond acceptors (Lipinski definition) is 8. The molecule has 0 aliphatic carbocycles. The number of aliphatic hydroxyl groups excluding tert-OH is 1. The van der Waals surface area contributed by atoms with Gasteiger partial charge >= 0.3 is 0 Å². The van der Waals surface area contributed by atoms with Crippen molar-refractivity contribution in [2.24, 2.45) is 23.5 Å². The second kappa shape index (κ2) is 10.8. The fourth-order valence-corrected chi connectivity index (χ4v) is 6.57. The number of aliphatic hydroxyl groups is 1. The zero-order chi connectivity index (χ0) is 24.2. The maximum Gasteiger partial charge on any atom is 0.264 e. The van der Waals surface area contributed by atoms with Gasteiger partial charge in [0.2, 0.25) is 11.7 Å². The standard InChI is InChI=1S/C23H32N2O7S/c1-3-7-15(20(27)23-25-16-8-5-6-9-17(16)32-23)21(33(29,30)4-2)18(22(24)28)19(26)14-10-12-31-13-11-14/h5-6,8-9,14-15,18-19,21,26H,3-4,7,10-13H2,1-2H3,(H2,24,28). The molecule has 4 atom stereocenters. The van der Waals surface area contributed by atoms with Crippen molar-refractivity contribution in [3.8, 4) is 0 Å². The fraction of sp³-hybridized carbons (Fsp3) is 0.609. The summed E-state index contributed by atoms with van der Waals surface area (Å²) in [4.78, 5) is 30.4. The van der Waals surface area contributed by atoms with Gasteiger partial charge in [0, 0.05) is 24.9 Å². The number of ether oxygens (including phenoxy) is 1. The van der Waals surface area contributed by atoms with Crippen LogP contribution in [0.3, 0.4) is 0 Å². The Bertz CT molecular complexity index is 1040. The number of fused-ring (bicyclic) bond motifs is 1. The number of carbonyl (C=O) groups is 2. The molecule has 4 unspecified atom stereocenters. The van der Waals surface area contributed by atoms with Crippen molar-refractivity contribution < 1.29 is 32.3 Å². The molecule has 0 saturated carbocycles. The van der Waals surface area contributed by atoms with Crippen LogP contribution in [0.1, 0.15) is 50.2 Å². The highest BCUT2D eigenvalue weighted by Crippen LogP contribution is 2.35. The Morgan fingerprint density at radius 2 is 1.88 bits per heavy atom. The van der Waals surface area contributed by atoms with Crippen LogP contribution in [0.5, 0.6) is 0 Å². The van der Waals surface area contributed by atoms with E-state index in [0.29, 0.717) is 43.6 Å². The first-order chi connectivity index (χ1) is 15.7. The number of Topliss-reactive ketones (excluding diaryl/α,β-unsaturated/α-hetero) is 1. The molecule has 182 valence electrons. The number of oxazole rings is 1. The molecular formula is C23H32N2O7S. The molecule has 10 heteroatoms. The highest BCUT2D eigenvalue weighted by molar-refractivity contribution is 7.92. The Morgan fingerprint density at radius 1 is 1.21 bits per heavy atom. The van der Waals surface area contributed by atoms with E-state index in [2.05, 4.69) is 4.98 Å². The zero-order valence-corrected chi connectivity index (χ0v) is 19.8. The van der Waals surface area contributed by atoms with Crippen LogP contribution in [0.15, 0.2) is 28.7 Å². The number of para-hydroxylation sites is 2. The normalized spacial score (nSPS) is 19.1. The van der Waals surface area contributed by atoms with Crippen molar-refractivity contribution in [1.29, 1.82) is 0 Å². The summed E-state index contributed by atoms with van der Waals surface area (Å²) in [6, 6.07) is 6.84. The number of sulfone groups is 1. The molecule has 1 aliphatic rings. The first-order valence-corrected chi connectivity index (χ1v) is 13.1. The lowest BCUT2D eigenvalue weighted by Gasteiger charge is -2.37. The van der Waals surface area contributed by atoms with E-state index in [9.17, 15) is 23.1 Å². The molecule has 0 spiro atoms. The topological polar surface area (TPSA) is 150 Å². The van der Waals surface area contributed by atoms with Crippen molar-refractivity contribution in [1.82, 2.24) is 4.98 Å². The van der Waals surface area contributed by atoms with Crippen molar-refractivity contribution in [3.63, 3.8) is 0 Å². The second-order valence-electron chi connectivity index (χ2n) is 8.53. The van der Waals surface area contributed by atoms with E-state index in [1.54, 1.807) is 24.3 Å². The van der Waals surface area contributed by atoms with E-state index >= 15 is 0 Å². The summed E-state index contributed by atoms with van der Waals surface area (Å²) in [6.45, 7) is 4.07. The molecule has 2 heterocycles. The van der Waals surface area contributed by atoms with Gasteiger partial charge in [0.1, 0.15) is 5.52 Å². The predicted molar refractivity (Wildman–Crippen MR) is 122 cm³/mol. The van der Waals surface area contributed by atoms with E-state index in [1.807, 2.05) is 6.92 Å². The number of rotatable bonds is 11. The summed E-state index contributed by atoms with van der Waals surface area (Å²) in [5.74, 6) is -5.00. The monoisotopic (exact) mass is 480 g/mol. The van der Waals surface area contributed by atoms with Crippen LogP contribution in [-0.4, -0.2) is 60.5 Å². The molecule has 33 heavy (non-hydrogen) atoms. The number of nitrogens with zero attached hydrogens (tertiary/aromatic N) is 1. The first kappa shape index (κ1) is 25.3. The Balaban J connectivity index is 2.07. The maximum atomic E-state index is 13.6. The SMILES string of the molecule is CCCC(C(=O)c1nc2ccccc2o1)C(C(C(N)=O)C(O)C1CCOCC1)S(=O)(=O)CC. The van der Waals surface area contributed by atoms with Gasteiger partial charge in [-0.25, -0.2) is 13.4 Å². The van der Waals surface area contributed by atoms with Gasteiger partial charge in [-0.1, -0.05) is 32.4 Å². The van der Waals surface area contributed by atoms with E-state index in [4.69, 9.17) is 14.9 Å². The molecule has 1 fully saturated rings. The van der Waals surface area contributed by atoms with Gasteiger partial charge in [0.05, 0.1) is 17.3 Å². The lowest BCUT2D eigenvalue weighted by molar-refractivity contribution is -0.128. The van der Waals surface area contributed by atoms with Crippen molar-refractivity contribution in [3.05, 3.63) is 30.2 Å². The average molecular weight is 481 g/mol. The number of aromatic nitrogens is 1. The van der Waals surface area contributed by atoms with Gasteiger partial charge in [-0.05, 0) is 37.3 Å². The van der Waals surface area contributed by atoms with Gasteiger partial charge in [-0.3, -0.25) is 9.59 Å². The molecule has 1 amide bonds. The Hall–Kier alpha value is -2.30. The smallest absolute Gasteiger partial charge is 0.264 e. The minimum absolute atomic E-state index is 0.172. The highest BCUT2D eigenvalue weighted by atomic mass is 32.2. The minimum Gasteiger partial charge on any atom is -0.434 e. The van der Waals surface area contributed by atoms with E-state index in [1.165, 1.54) is 6.92 Å². The van der Waals surface area contributed by atoms with Crippen molar-refractivity contribution >= 4 is 32.6 Å². The number of amides is 1. The lowest BCUT2D eigenvalue weighted by Crippen LogP contribution is -2.53. The third-order valence-electron chi connectivity index (χ3n) is 6.45. The van der Waals surface area contributed by atoms with Crippen LogP contribution >= 0.6 is 0 Å². The van der Waals surface area contributed by atoms with Crippen molar-refractivity contribution in [2.75, 3.05) is 19.0 Å². The van der Waals surface area contributed by atoms with Gasteiger partial charge in [0.15, 0.2) is 15.4 Å². The highest BCUT2D eigenvalue weighted by Gasteiger charge is 2.49. The number of carbonyl (C=O) groups excluding carboxylic acids is 2. The summed E-state index contributed by atoms with van der Waals surface area (Å²) >= 11 is 0. The molecule has 0 radical (unpaired) electrons. The van der Waals surface area contributed by atoms with Crippen LogP contribution in [0.4, 0.5) is 0 Å². The summed E-state index contributed by atoms with van der Waals surface area (Å²) in [5, 5.41) is 9.66. The number of nitrogens with two attached hydrogens (primary N) is 1. The third kappa shape index (κ3) is 5.44. The average Bonchev–Trinajstić information content (AvgIpc) is 3.25. The molecule has 1 aliphatic heterocycles. The molecule has 3 rings (SSSR count). The van der Waals surface area contributed by atoms with E-state index in [0.717, 1.165) is 0 Å². The Labute approximate surface area is 193 Å². The van der Waals surface area contributed by atoms with Gasteiger partial charge in [0.25, 0.3) is 5.89 Å². The quantitative estimate of drug-likeness (QED) is 0.464. The number of hydrogen-bond donors (Lipinski definition) is 2. The molecule has 1 saturated heterocycles. The van der Waals surface area contributed by atoms with Gasteiger partial charge < -0.3 is 20.0 Å². The maximum absolute atomic E-state index is 13.6. The van der Waals surface area contributed by atoms with Crippen molar-refractivity contribution in [2.45, 2.75) is 50.9 Å². The molecular weight excluding hydrogens is 448 g/mol. The molecule has 2 aromatic rings. The van der Waals surface area contributed by atoms with Crippen LogP contribution in [0.2, 0.25) is 0 Å². The summed E-state index contributed by atoms with van der Waals surface area (Å²) in [5.41, 5.74) is 6.56.